The number of terminal acetylenes is 1. The van der Waals surface area contributed by atoms with E-state index in [0.717, 1.165) is 35.3 Å². The number of aryl methyl sites for hydroxylation is 2. The van der Waals surface area contributed by atoms with E-state index in [9.17, 15) is 14.4 Å². The van der Waals surface area contributed by atoms with Crippen molar-refractivity contribution in [2.75, 3.05) is 6.54 Å². The summed E-state index contributed by atoms with van der Waals surface area (Å²) in [4.78, 5) is 40.6. The van der Waals surface area contributed by atoms with Crippen LogP contribution in [0.25, 0.3) is 0 Å². The monoisotopic (exact) mass is 471 g/mol. The third-order valence-electron chi connectivity index (χ3n) is 5.38. The number of alkyl carbamates (subject to hydrolysis) is 1. The first-order valence-electron chi connectivity index (χ1n) is 12.0. The van der Waals surface area contributed by atoms with Gasteiger partial charge >= 0.3 is 6.09 Å². The largest absolute Gasteiger partial charge is 0.444 e. The number of nitrogens with zero attached hydrogens (tertiary/aromatic N) is 1. The number of ether oxygens (including phenoxy) is 1. The van der Waals surface area contributed by atoms with Crippen LogP contribution in [0.2, 0.25) is 0 Å². The Morgan fingerprint density at radius 1 is 1.12 bits per heavy atom. The van der Waals surface area contributed by atoms with E-state index in [-0.39, 0.29) is 11.8 Å². The van der Waals surface area contributed by atoms with Crippen molar-refractivity contribution in [2.45, 2.75) is 92.3 Å². The van der Waals surface area contributed by atoms with Crippen molar-refractivity contribution in [2.24, 2.45) is 5.92 Å². The van der Waals surface area contributed by atoms with Crippen LogP contribution >= 0.6 is 0 Å². The van der Waals surface area contributed by atoms with Crippen molar-refractivity contribution < 1.29 is 19.1 Å². The number of nitrogens with one attached hydrogen (secondary N) is 2. The third-order valence-corrected chi connectivity index (χ3v) is 5.38. The number of carbonyl (C=O) groups is 3. The summed E-state index contributed by atoms with van der Waals surface area (Å²) in [5.41, 5.74) is 1.66. The van der Waals surface area contributed by atoms with Gasteiger partial charge in [0.25, 0.3) is 5.91 Å². The Morgan fingerprint density at radius 2 is 1.71 bits per heavy atom. The summed E-state index contributed by atoms with van der Waals surface area (Å²) in [5.74, 6) is -1.18. The Balaban J connectivity index is 3.38. The molecule has 0 aliphatic rings. The topological polar surface area (TPSA) is 87.7 Å². The fraction of sp³-hybridized carbons (Fsp3) is 0.593. The summed E-state index contributed by atoms with van der Waals surface area (Å²) in [6, 6.07) is 6.10. The predicted octanol–water partition coefficient (Wildman–Crippen LogP) is 4.62. The van der Waals surface area contributed by atoms with E-state index in [4.69, 9.17) is 11.2 Å². The van der Waals surface area contributed by atoms with Crippen LogP contribution in [0.3, 0.4) is 0 Å². The summed E-state index contributed by atoms with van der Waals surface area (Å²) >= 11 is 0. The van der Waals surface area contributed by atoms with Crippen LogP contribution in [0.4, 0.5) is 4.79 Å². The number of rotatable bonds is 10. The molecule has 0 radical (unpaired) electrons. The smallest absolute Gasteiger partial charge is 0.408 e. The lowest BCUT2D eigenvalue weighted by Crippen LogP contribution is -2.53. The fourth-order valence-electron chi connectivity index (χ4n) is 3.68. The van der Waals surface area contributed by atoms with Gasteiger partial charge in [0.2, 0.25) is 5.91 Å². The van der Waals surface area contributed by atoms with Gasteiger partial charge in [-0.3, -0.25) is 14.5 Å². The number of carbonyl (C=O) groups excluding carboxylic acids is 3. The summed E-state index contributed by atoms with van der Waals surface area (Å²) in [6.45, 7) is 15.2. The average Bonchev–Trinajstić information content (AvgIpc) is 2.72. The molecule has 0 heterocycles. The van der Waals surface area contributed by atoms with Gasteiger partial charge in [0.1, 0.15) is 17.7 Å². The van der Waals surface area contributed by atoms with Gasteiger partial charge in [-0.25, -0.2) is 4.79 Å². The lowest BCUT2D eigenvalue weighted by atomic mass is 9.93. The van der Waals surface area contributed by atoms with Crippen molar-refractivity contribution >= 4 is 17.9 Å². The van der Waals surface area contributed by atoms with Crippen LogP contribution in [-0.4, -0.2) is 41.0 Å². The van der Waals surface area contributed by atoms with Crippen LogP contribution in [0.1, 0.15) is 83.5 Å². The van der Waals surface area contributed by atoms with Crippen molar-refractivity contribution in [3.8, 4) is 12.5 Å². The molecular weight excluding hydrogens is 430 g/mol. The van der Waals surface area contributed by atoms with Gasteiger partial charge < -0.3 is 15.4 Å². The zero-order valence-corrected chi connectivity index (χ0v) is 22.0. The van der Waals surface area contributed by atoms with Gasteiger partial charge in [0, 0.05) is 12.6 Å². The summed E-state index contributed by atoms with van der Waals surface area (Å²) in [6.07, 6.45) is 7.96. The molecule has 188 valence electrons. The van der Waals surface area contributed by atoms with E-state index in [0.29, 0.717) is 12.1 Å². The van der Waals surface area contributed by atoms with E-state index in [2.05, 4.69) is 23.6 Å². The molecule has 7 heteroatoms. The van der Waals surface area contributed by atoms with Crippen LogP contribution < -0.4 is 10.6 Å². The van der Waals surface area contributed by atoms with Gasteiger partial charge in [0.15, 0.2) is 0 Å². The minimum atomic E-state index is -1.03. The molecule has 0 fully saturated rings. The van der Waals surface area contributed by atoms with Gasteiger partial charge in [0.05, 0.1) is 0 Å². The average molecular weight is 472 g/mol. The lowest BCUT2D eigenvalue weighted by molar-refractivity contribution is -0.139. The highest BCUT2D eigenvalue weighted by atomic mass is 16.6. The van der Waals surface area contributed by atoms with Crippen LogP contribution in [0.5, 0.6) is 0 Å². The quantitative estimate of drug-likeness (QED) is 0.296. The van der Waals surface area contributed by atoms with Crippen molar-refractivity contribution in [3.05, 3.63) is 34.9 Å². The highest BCUT2D eigenvalue weighted by Crippen LogP contribution is 2.28. The first-order chi connectivity index (χ1) is 15.8. The maximum atomic E-state index is 13.7. The fourth-order valence-corrected chi connectivity index (χ4v) is 3.68. The van der Waals surface area contributed by atoms with E-state index in [1.165, 1.54) is 0 Å². The van der Waals surface area contributed by atoms with Crippen LogP contribution in [-0.2, 0) is 14.3 Å². The highest BCUT2D eigenvalue weighted by molar-refractivity contribution is 5.93. The first kappa shape index (κ1) is 29.0. The van der Waals surface area contributed by atoms with E-state index in [1.807, 2.05) is 32.0 Å². The Bertz CT molecular complexity index is 876. The molecule has 0 aliphatic carbocycles. The Labute approximate surface area is 205 Å². The summed E-state index contributed by atoms with van der Waals surface area (Å²) < 4.78 is 5.34. The van der Waals surface area contributed by atoms with E-state index in [1.54, 1.807) is 34.6 Å². The van der Waals surface area contributed by atoms with E-state index < -0.39 is 29.7 Å². The molecule has 1 aromatic carbocycles. The molecule has 0 bridgehead atoms. The highest BCUT2D eigenvalue weighted by Gasteiger charge is 2.38. The third kappa shape index (κ3) is 8.40. The molecule has 2 atom stereocenters. The maximum absolute atomic E-state index is 13.7. The Hall–Kier alpha value is -3.01. The molecule has 0 aliphatic heterocycles. The zero-order chi connectivity index (χ0) is 26.1. The van der Waals surface area contributed by atoms with Gasteiger partial charge in [-0.15, -0.1) is 0 Å². The Kier molecular flexibility index (Phi) is 11.1. The van der Waals surface area contributed by atoms with Crippen molar-refractivity contribution in [1.29, 1.82) is 0 Å². The maximum Gasteiger partial charge on any atom is 0.408 e. The normalized spacial score (nSPS) is 12.9. The molecule has 0 saturated carbocycles. The Morgan fingerprint density at radius 3 is 2.18 bits per heavy atom. The minimum Gasteiger partial charge on any atom is -0.444 e. The first-order valence-corrected chi connectivity index (χ1v) is 12.0. The molecule has 7 nitrogen and oxygen atoms in total. The molecule has 0 saturated heterocycles. The molecule has 1 rings (SSSR count). The van der Waals surface area contributed by atoms with E-state index >= 15 is 0 Å². The van der Waals surface area contributed by atoms with Crippen molar-refractivity contribution in [3.63, 3.8) is 0 Å². The molecule has 34 heavy (non-hydrogen) atoms. The number of hydrogen-bond donors (Lipinski definition) is 2. The molecule has 1 aromatic rings. The molecule has 3 amide bonds. The van der Waals surface area contributed by atoms with Gasteiger partial charge in [-0.05, 0) is 63.6 Å². The summed E-state index contributed by atoms with van der Waals surface area (Å²) in [5, 5.41) is 5.58. The molecule has 0 aromatic heterocycles. The second-order valence-corrected chi connectivity index (χ2v) is 9.91. The molecule has 2 unspecified atom stereocenters. The standard InChI is InChI=1S/C27H41N3O4/c1-10-12-13-17-28-24(31)23(21-19(5)15-14-16-20(21)6)30(11-2)25(32)22(18(3)4)29-26(33)34-27(7,8)9/h2,14-16,18,22-23H,10,12-13,17H2,1,3-9H3,(H,28,31)(H,29,33). The number of hydrogen-bond acceptors (Lipinski definition) is 4. The lowest BCUT2D eigenvalue weighted by Gasteiger charge is -2.33. The van der Waals surface area contributed by atoms with Gasteiger partial charge in [-0.1, -0.05) is 58.2 Å². The second kappa shape index (κ2) is 13.0. The number of benzene rings is 1. The molecular formula is C27H41N3O4. The predicted molar refractivity (Wildman–Crippen MR) is 135 cm³/mol. The van der Waals surface area contributed by atoms with Crippen LogP contribution in [0.15, 0.2) is 18.2 Å². The van der Waals surface area contributed by atoms with Crippen molar-refractivity contribution in [1.82, 2.24) is 15.5 Å². The minimum absolute atomic E-state index is 0.290. The summed E-state index contributed by atoms with van der Waals surface area (Å²) in [7, 11) is 0. The molecule has 2 N–H and O–H groups in total. The SMILES string of the molecule is C#CN(C(=O)C(NC(=O)OC(C)(C)C)C(C)C)C(C(=O)NCCCCC)c1c(C)cccc1C. The van der Waals surface area contributed by atoms with Crippen LogP contribution in [0, 0.1) is 32.2 Å². The second-order valence-electron chi connectivity index (χ2n) is 9.91. The van der Waals surface area contributed by atoms with Gasteiger partial charge in [-0.2, -0.15) is 0 Å². The number of amides is 3. The number of unbranched alkanes of at least 4 members (excludes halogenated alkanes) is 2. The molecule has 0 spiro atoms. The zero-order valence-electron chi connectivity index (χ0n) is 22.0.